The van der Waals surface area contributed by atoms with Gasteiger partial charge in [0.1, 0.15) is 6.20 Å². The second-order valence-corrected chi connectivity index (χ2v) is 5.96. The molecule has 0 aromatic carbocycles. The minimum absolute atomic E-state index is 0.0392. The number of rotatable bonds is 4. The SMILES string of the molecule is NC(=O)CC1CCCCN1c1nc2sccn2c1[N+](=O)[O-]. The lowest BCUT2D eigenvalue weighted by atomic mass is 9.99. The van der Waals surface area contributed by atoms with E-state index >= 15 is 0 Å². The molecule has 1 saturated heterocycles. The maximum absolute atomic E-state index is 11.4. The fraction of sp³-hybridized carbons (Fsp3) is 0.500. The molecule has 0 radical (unpaired) electrons. The number of piperidine rings is 1. The monoisotopic (exact) mass is 309 g/mol. The number of fused-ring (bicyclic) bond motifs is 1. The Morgan fingerprint density at radius 2 is 2.38 bits per heavy atom. The molecule has 3 rings (SSSR count). The van der Waals surface area contributed by atoms with Crippen LogP contribution in [0.3, 0.4) is 0 Å². The number of aromatic nitrogens is 2. The van der Waals surface area contributed by atoms with Crippen LogP contribution in [0.2, 0.25) is 0 Å². The molecule has 0 bridgehead atoms. The van der Waals surface area contributed by atoms with Crippen molar-refractivity contribution in [1.29, 1.82) is 0 Å². The summed E-state index contributed by atoms with van der Waals surface area (Å²) in [5.41, 5.74) is 5.29. The lowest BCUT2D eigenvalue weighted by Gasteiger charge is -2.34. The van der Waals surface area contributed by atoms with Gasteiger partial charge in [-0.1, -0.05) is 11.3 Å². The number of primary amides is 1. The number of hydrogen-bond donors (Lipinski definition) is 1. The molecule has 1 aliphatic heterocycles. The molecule has 1 aliphatic rings. The van der Waals surface area contributed by atoms with Gasteiger partial charge in [0.05, 0.1) is 0 Å². The van der Waals surface area contributed by atoms with Crippen molar-refractivity contribution >= 4 is 33.8 Å². The molecule has 112 valence electrons. The minimum Gasteiger partial charge on any atom is -0.370 e. The molecule has 1 atom stereocenters. The van der Waals surface area contributed by atoms with Crippen LogP contribution in [0.15, 0.2) is 11.6 Å². The van der Waals surface area contributed by atoms with Crippen LogP contribution in [0.5, 0.6) is 0 Å². The average Bonchev–Trinajstić information content (AvgIpc) is 2.97. The van der Waals surface area contributed by atoms with Crippen molar-refractivity contribution in [3.63, 3.8) is 0 Å². The van der Waals surface area contributed by atoms with E-state index in [-0.39, 0.29) is 18.3 Å². The number of nitrogens with zero attached hydrogens (tertiary/aromatic N) is 4. The summed E-state index contributed by atoms with van der Waals surface area (Å²) in [6, 6.07) is -0.112. The number of hydrogen-bond acceptors (Lipinski definition) is 6. The molecule has 0 saturated carbocycles. The summed E-state index contributed by atoms with van der Waals surface area (Å²) < 4.78 is 1.48. The van der Waals surface area contributed by atoms with Crippen molar-refractivity contribution in [2.24, 2.45) is 5.73 Å². The van der Waals surface area contributed by atoms with Crippen LogP contribution in [-0.2, 0) is 4.79 Å². The van der Waals surface area contributed by atoms with E-state index in [1.807, 2.05) is 4.90 Å². The number of anilines is 1. The Morgan fingerprint density at radius 3 is 3.10 bits per heavy atom. The number of thiazole rings is 1. The molecule has 1 fully saturated rings. The lowest BCUT2D eigenvalue weighted by molar-refractivity contribution is -0.389. The molecule has 21 heavy (non-hydrogen) atoms. The summed E-state index contributed by atoms with van der Waals surface area (Å²) >= 11 is 1.35. The van der Waals surface area contributed by atoms with Gasteiger partial charge in [-0.15, -0.1) is 0 Å². The third-order valence-corrected chi connectivity index (χ3v) is 4.48. The molecular formula is C12H15N5O3S. The van der Waals surface area contributed by atoms with Crippen LogP contribution in [0.25, 0.3) is 4.96 Å². The summed E-state index contributed by atoms with van der Waals surface area (Å²) in [6.45, 7) is 0.656. The van der Waals surface area contributed by atoms with E-state index in [0.29, 0.717) is 17.3 Å². The van der Waals surface area contributed by atoms with E-state index in [2.05, 4.69) is 4.98 Å². The molecule has 0 spiro atoms. The molecule has 2 aromatic heterocycles. The quantitative estimate of drug-likeness (QED) is 0.681. The van der Waals surface area contributed by atoms with Crippen LogP contribution in [-0.4, -0.2) is 32.8 Å². The first kappa shape index (κ1) is 13.8. The largest absolute Gasteiger partial charge is 0.373 e. The predicted molar refractivity (Wildman–Crippen MR) is 78.5 cm³/mol. The van der Waals surface area contributed by atoms with Crippen LogP contribution in [0.4, 0.5) is 11.6 Å². The van der Waals surface area contributed by atoms with Crippen LogP contribution in [0.1, 0.15) is 25.7 Å². The van der Waals surface area contributed by atoms with E-state index in [0.717, 1.165) is 19.3 Å². The summed E-state index contributed by atoms with van der Waals surface area (Å²) in [7, 11) is 0. The molecule has 2 N–H and O–H groups in total. The smallest absolute Gasteiger partial charge is 0.370 e. The van der Waals surface area contributed by atoms with Gasteiger partial charge in [-0.2, -0.15) is 9.38 Å². The van der Waals surface area contributed by atoms with Crippen molar-refractivity contribution in [2.45, 2.75) is 31.7 Å². The highest BCUT2D eigenvalue weighted by atomic mass is 32.1. The third kappa shape index (κ3) is 2.44. The minimum atomic E-state index is -0.419. The number of carbonyl (C=O) groups is 1. The zero-order valence-corrected chi connectivity index (χ0v) is 12.1. The Kier molecular flexibility index (Phi) is 3.50. The van der Waals surface area contributed by atoms with Gasteiger partial charge >= 0.3 is 5.82 Å². The molecule has 0 aliphatic carbocycles. The Balaban J connectivity index is 2.04. The Hall–Kier alpha value is -2.16. The highest BCUT2D eigenvalue weighted by molar-refractivity contribution is 7.15. The third-order valence-electron chi connectivity index (χ3n) is 3.73. The zero-order valence-electron chi connectivity index (χ0n) is 11.3. The van der Waals surface area contributed by atoms with Gasteiger partial charge in [0.2, 0.25) is 11.7 Å². The molecule has 3 heterocycles. The Bertz CT molecular complexity index is 694. The van der Waals surface area contributed by atoms with E-state index in [9.17, 15) is 14.9 Å². The number of nitrogens with two attached hydrogens (primary N) is 1. The van der Waals surface area contributed by atoms with E-state index in [1.165, 1.54) is 15.7 Å². The van der Waals surface area contributed by atoms with Gasteiger partial charge in [0.25, 0.3) is 4.96 Å². The van der Waals surface area contributed by atoms with Gasteiger partial charge in [0.15, 0.2) is 0 Å². The number of amides is 1. The molecule has 2 aromatic rings. The summed E-state index contributed by atoms with van der Waals surface area (Å²) in [5, 5.41) is 13.2. The van der Waals surface area contributed by atoms with Crippen LogP contribution < -0.4 is 10.6 Å². The fourth-order valence-electron chi connectivity index (χ4n) is 2.85. The predicted octanol–water partition coefficient (Wildman–Crippen LogP) is 1.54. The van der Waals surface area contributed by atoms with Gasteiger partial charge in [-0.05, 0) is 24.2 Å². The van der Waals surface area contributed by atoms with E-state index in [1.54, 1.807) is 11.6 Å². The molecule has 1 unspecified atom stereocenters. The summed E-state index contributed by atoms with van der Waals surface area (Å²) in [5.74, 6) is -0.0870. The lowest BCUT2D eigenvalue weighted by Crippen LogP contribution is -2.42. The molecule has 9 heteroatoms. The van der Waals surface area contributed by atoms with E-state index < -0.39 is 10.8 Å². The van der Waals surface area contributed by atoms with Crippen molar-refractivity contribution in [2.75, 3.05) is 11.4 Å². The first-order valence-electron chi connectivity index (χ1n) is 6.73. The number of carbonyl (C=O) groups excluding carboxylic acids is 1. The maximum atomic E-state index is 11.4. The van der Waals surface area contributed by atoms with Gasteiger partial charge in [-0.25, -0.2) is 0 Å². The van der Waals surface area contributed by atoms with Crippen molar-refractivity contribution in [1.82, 2.24) is 9.38 Å². The normalized spacial score (nSPS) is 19.0. The Labute approximate surface area is 124 Å². The van der Waals surface area contributed by atoms with Crippen molar-refractivity contribution < 1.29 is 9.72 Å². The summed E-state index contributed by atoms with van der Waals surface area (Å²) in [4.78, 5) is 29.0. The summed E-state index contributed by atoms with van der Waals surface area (Å²) in [6.07, 6.45) is 4.55. The van der Waals surface area contributed by atoms with Gasteiger partial charge in [0, 0.05) is 24.4 Å². The Morgan fingerprint density at radius 1 is 1.57 bits per heavy atom. The first-order chi connectivity index (χ1) is 10.1. The number of imidazole rings is 1. The average molecular weight is 309 g/mol. The van der Waals surface area contributed by atoms with Crippen LogP contribution in [0, 0.1) is 10.1 Å². The van der Waals surface area contributed by atoms with Gasteiger partial charge < -0.3 is 20.7 Å². The second kappa shape index (κ2) is 5.32. The molecule has 8 nitrogen and oxygen atoms in total. The van der Waals surface area contributed by atoms with Crippen LogP contribution >= 0.6 is 11.3 Å². The van der Waals surface area contributed by atoms with E-state index in [4.69, 9.17) is 5.73 Å². The molecular weight excluding hydrogens is 294 g/mol. The fourth-order valence-corrected chi connectivity index (χ4v) is 3.55. The maximum Gasteiger partial charge on any atom is 0.373 e. The first-order valence-corrected chi connectivity index (χ1v) is 7.61. The standard InChI is InChI=1S/C12H15N5O3S/c13-9(18)7-8-3-1-2-4-15(8)10-11(17(19)20)16-5-6-21-12(16)14-10/h5-6,8H,1-4,7H2,(H2,13,18). The van der Waals surface area contributed by atoms with Gasteiger partial charge in [-0.3, -0.25) is 4.79 Å². The zero-order chi connectivity index (χ0) is 15.0. The number of nitro groups is 1. The molecule has 1 amide bonds. The highest BCUT2D eigenvalue weighted by Crippen LogP contribution is 2.35. The van der Waals surface area contributed by atoms with Crippen molar-refractivity contribution in [3.05, 3.63) is 21.7 Å². The second-order valence-electron chi connectivity index (χ2n) is 5.09. The van der Waals surface area contributed by atoms with Crippen molar-refractivity contribution in [3.8, 4) is 0 Å². The highest BCUT2D eigenvalue weighted by Gasteiger charge is 2.33. The topological polar surface area (TPSA) is 107 Å².